The summed E-state index contributed by atoms with van der Waals surface area (Å²) in [5.41, 5.74) is 3.33. The molecule has 0 amide bonds. The molecular formula is C24H20N4O3. The molecule has 2 heterocycles. The molecule has 3 aromatic carbocycles. The van der Waals surface area contributed by atoms with E-state index in [4.69, 9.17) is 14.2 Å². The van der Waals surface area contributed by atoms with Crippen molar-refractivity contribution < 1.29 is 14.2 Å². The van der Waals surface area contributed by atoms with Crippen LogP contribution in [-0.2, 0) is 0 Å². The highest BCUT2D eigenvalue weighted by Crippen LogP contribution is 2.37. The van der Waals surface area contributed by atoms with Crippen molar-refractivity contribution in [2.75, 3.05) is 19.5 Å². The van der Waals surface area contributed by atoms with Crippen LogP contribution in [0.25, 0.3) is 21.9 Å². The SMILES string of the molecule is COc1cc2[nH]c3c(Nc4cccc(Oc5ccccc5)c4)ncnc3c2cc1OC. The molecule has 0 atom stereocenters. The number of ether oxygens (including phenoxy) is 3. The predicted octanol–water partition coefficient (Wildman–Crippen LogP) is 5.66. The fraction of sp³-hybridized carbons (Fsp3) is 0.0833. The molecule has 5 rings (SSSR count). The lowest BCUT2D eigenvalue weighted by atomic mass is 10.2. The number of hydrogen-bond acceptors (Lipinski definition) is 6. The zero-order valence-corrected chi connectivity index (χ0v) is 17.0. The largest absolute Gasteiger partial charge is 0.493 e. The molecule has 0 radical (unpaired) electrons. The minimum absolute atomic E-state index is 0.648. The number of para-hydroxylation sites is 1. The summed E-state index contributed by atoms with van der Waals surface area (Å²) in [5.74, 6) is 3.47. The number of anilines is 2. The summed E-state index contributed by atoms with van der Waals surface area (Å²) >= 11 is 0. The van der Waals surface area contributed by atoms with E-state index in [-0.39, 0.29) is 0 Å². The monoisotopic (exact) mass is 412 g/mol. The first-order chi connectivity index (χ1) is 15.2. The zero-order valence-electron chi connectivity index (χ0n) is 17.0. The molecule has 0 fully saturated rings. The van der Waals surface area contributed by atoms with E-state index in [0.29, 0.717) is 17.3 Å². The van der Waals surface area contributed by atoms with Crippen LogP contribution in [0.5, 0.6) is 23.0 Å². The molecule has 0 saturated carbocycles. The van der Waals surface area contributed by atoms with Gasteiger partial charge in [-0.1, -0.05) is 24.3 Å². The number of rotatable bonds is 6. The quantitative estimate of drug-likeness (QED) is 0.374. The van der Waals surface area contributed by atoms with Gasteiger partial charge in [-0.05, 0) is 30.3 Å². The second kappa shape index (κ2) is 7.87. The Labute approximate surface area is 178 Å². The molecule has 7 heteroatoms. The summed E-state index contributed by atoms with van der Waals surface area (Å²) in [7, 11) is 3.23. The number of nitrogens with one attached hydrogen (secondary N) is 2. The molecular weight excluding hydrogens is 392 g/mol. The van der Waals surface area contributed by atoms with Crippen LogP contribution in [0, 0.1) is 0 Å². The van der Waals surface area contributed by atoms with E-state index in [2.05, 4.69) is 20.3 Å². The molecule has 0 aliphatic carbocycles. The lowest BCUT2D eigenvalue weighted by molar-refractivity contribution is 0.356. The van der Waals surface area contributed by atoms with E-state index in [9.17, 15) is 0 Å². The van der Waals surface area contributed by atoms with Gasteiger partial charge in [-0.15, -0.1) is 0 Å². The van der Waals surface area contributed by atoms with Gasteiger partial charge in [0.2, 0.25) is 0 Å². The first-order valence-electron chi connectivity index (χ1n) is 9.73. The molecule has 2 aromatic heterocycles. The van der Waals surface area contributed by atoms with Crippen molar-refractivity contribution in [2.24, 2.45) is 0 Å². The van der Waals surface area contributed by atoms with Crippen molar-refractivity contribution in [1.82, 2.24) is 15.0 Å². The fourth-order valence-corrected chi connectivity index (χ4v) is 3.51. The van der Waals surface area contributed by atoms with E-state index >= 15 is 0 Å². The van der Waals surface area contributed by atoms with Crippen LogP contribution in [0.1, 0.15) is 0 Å². The smallest absolute Gasteiger partial charge is 0.162 e. The van der Waals surface area contributed by atoms with Crippen LogP contribution in [0.4, 0.5) is 11.5 Å². The van der Waals surface area contributed by atoms with E-state index in [1.165, 1.54) is 0 Å². The number of aromatic nitrogens is 3. The molecule has 7 nitrogen and oxygen atoms in total. The van der Waals surface area contributed by atoms with Gasteiger partial charge in [0.15, 0.2) is 17.3 Å². The van der Waals surface area contributed by atoms with Gasteiger partial charge in [-0.3, -0.25) is 0 Å². The molecule has 0 aliphatic rings. The summed E-state index contributed by atoms with van der Waals surface area (Å²) in [6.45, 7) is 0. The highest BCUT2D eigenvalue weighted by Gasteiger charge is 2.15. The zero-order chi connectivity index (χ0) is 21.2. The average Bonchev–Trinajstić information content (AvgIpc) is 3.17. The van der Waals surface area contributed by atoms with Gasteiger partial charge < -0.3 is 24.5 Å². The second-order valence-electron chi connectivity index (χ2n) is 6.89. The van der Waals surface area contributed by atoms with Crippen molar-refractivity contribution in [3.05, 3.63) is 73.1 Å². The normalized spacial score (nSPS) is 10.9. The Morgan fingerprint density at radius 3 is 2.39 bits per heavy atom. The summed E-state index contributed by atoms with van der Waals surface area (Å²) in [4.78, 5) is 12.3. The van der Waals surface area contributed by atoms with Gasteiger partial charge in [0.05, 0.1) is 19.7 Å². The van der Waals surface area contributed by atoms with E-state index < -0.39 is 0 Å². The third-order valence-corrected chi connectivity index (χ3v) is 4.96. The molecule has 154 valence electrons. The third kappa shape index (κ3) is 3.57. The number of aromatic amines is 1. The van der Waals surface area contributed by atoms with Crippen molar-refractivity contribution in [1.29, 1.82) is 0 Å². The molecule has 5 aromatic rings. The maximum absolute atomic E-state index is 5.93. The summed E-state index contributed by atoms with van der Waals surface area (Å²) in [5, 5.41) is 4.30. The Kier molecular flexibility index (Phi) is 4.76. The van der Waals surface area contributed by atoms with Crippen molar-refractivity contribution in [3.8, 4) is 23.0 Å². The maximum atomic E-state index is 5.93. The highest BCUT2D eigenvalue weighted by molar-refractivity contribution is 6.09. The first kappa shape index (κ1) is 18.7. The van der Waals surface area contributed by atoms with Crippen LogP contribution in [0.3, 0.4) is 0 Å². The number of H-pyrrole nitrogens is 1. The fourth-order valence-electron chi connectivity index (χ4n) is 3.51. The molecule has 0 unspecified atom stereocenters. The minimum atomic E-state index is 0.648. The number of methoxy groups -OCH3 is 2. The van der Waals surface area contributed by atoms with Gasteiger partial charge in [-0.2, -0.15) is 0 Å². The maximum Gasteiger partial charge on any atom is 0.162 e. The first-order valence-corrected chi connectivity index (χ1v) is 9.73. The Bertz CT molecular complexity index is 1370. The van der Waals surface area contributed by atoms with Crippen LogP contribution >= 0.6 is 0 Å². The topological polar surface area (TPSA) is 81.3 Å². The Balaban J connectivity index is 1.51. The van der Waals surface area contributed by atoms with Gasteiger partial charge in [0.25, 0.3) is 0 Å². The standard InChI is InChI=1S/C24H20N4O3/c1-29-20-12-18-19(13-21(20)30-2)28-23-22(18)25-14-26-24(23)27-15-7-6-10-17(11-15)31-16-8-4-3-5-9-16/h3-14,28H,1-2H3,(H,25,26,27). The Morgan fingerprint density at radius 2 is 1.58 bits per heavy atom. The molecule has 0 bridgehead atoms. The number of benzene rings is 3. The number of nitrogens with zero attached hydrogens (tertiary/aromatic N) is 2. The number of hydrogen-bond donors (Lipinski definition) is 2. The van der Waals surface area contributed by atoms with Crippen molar-refractivity contribution >= 4 is 33.4 Å². The Morgan fingerprint density at radius 1 is 0.806 bits per heavy atom. The van der Waals surface area contributed by atoms with E-state index in [1.54, 1.807) is 20.5 Å². The van der Waals surface area contributed by atoms with Crippen LogP contribution < -0.4 is 19.5 Å². The van der Waals surface area contributed by atoms with Gasteiger partial charge >= 0.3 is 0 Å². The molecule has 2 N–H and O–H groups in total. The summed E-state index contributed by atoms with van der Waals surface area (Å²) in [6.07, 6.45) is 1.54. The molecule has 0 saturated heterocycles. The highest BCUT2D eigenvalue weighted by atomic mass is 16.5. The van der Waals surface area contributed by atoms with Crippen LogP contribution in [0.15, 0.2) is 73.1 Å². The molecule has 0 aliphatic heterocycles. The number of fused-ring (bicyclic) bond motifs is 3. The minimum Gasteiger partial charge on any atom is -0.493 e. The Hall–Kier alpha value is -4.26. The van der Waals surface area contributed by atoms with Crippen molar-refractivity contribution in [2.45, 2.75) is 0 Å². The summed E-state index contributed by atoms with van der Waals surface area (Å²) < 4.78 is 16.8. The van der Waals surface area contributed by atoms with Gasteiger partial charge in [-0.25, -0.2) is 9.97 Å². The second-order valence-corrected chi connectivity index (χ2v) is 6.89. The van der Waals surface area contributed by atoms with Crippen LogP contribution in [-0.4, -0.2) is 29.2 Å². The van der Waals surface area contributed by atoms with Gasteiger partial charge in [0, 0.05) is 23.2 Å². The molecule has 31 heavy (non-hydrogen) atoms. The lowest BCUT2D eigenvalue weighted by Gasteiger charge is -2.09. The van der Waals surface area contributed by atoms with Crippen molar-refractivity contribution in [3.63, 3.8) is 0 Å². The summed E-state index contributed by atoms with van der Waals surface area (Å²) in [6, 6.07) is 21.2. The van der Waals surface area contributed by atoms with Crippen LogP contribution in [0.2, 0.25) is 0 Å². The van der Waals surface area contributed by atoms with Gasteiger partial charge in [0.1, 0.15) is 28.9 Å². The van der Waals surface area contributed by atoms with E-state index in [1.807, 2.05) is 66.7 Å². The third-order valence-electron chi connectivity index (χ3n) is 4.96. The van der Waals surface area contributed by atoms with E-state index in [0.717, 1.165) is 39.1 Å². The lowest BCUT2D eigenvalue weighted by Crippen LogP contribution is -1.96. The molecule has 0 spiro atoms. The average molecular weight is 412 g/mol. The predicted molar refractivity (Wildman–Crippen MR) is 121 cm³/mol.